The highest BCUT2D eigenvalue weighted by Crippen LogP contribution is 2.26. The van der Waals surface area contributed by atoms with Crippen molar-refractivity contribution in [3.05, 3.63) is 11.4 Å². The van der Waals surface area contributed by atoms with Crippen molar-refractivity contribution in [2.75, 3.05) is 23.7 Å². The zero-order chi connectivity index (χ0) is 14.4. The van der Waals surface area contributed by atoms with E-state index in [1.807, 2.05) is 11.4 Å². The molecule has 0 fully saturated rings. The van der Waals surface area contributed by atoms with E-state index in [0.717, 1.165) is 41.8 Å². The average Bonchev–Trinajstić information content (AvgIpc) is 2.91. The number of thiophene rings is 1. The number of nitrogens with one attached hydrogen (secondary N) is 2. The van der Waals surface area contributed by atoms with Crippen molar-refractivity contribution in [2.24, 2.45) is 0 Å². The van der Waals surface area contributed by atoms with Gasteiger partial charge in [0.25, 0.3) is 0 Å². The normalized spacial score (nSPS) is 12.6. The van der Waals surface area contributed by atoms with E-state index in [1.165, 1.54) is 0 Å². The summed E-state index contributed by atoms with van der Waals surface area (Å²) in [5.41, 5.74) is 0. The van der Waals surface area contributed by atoms with Gasteiger partial charge in [0.1, 0.15) is 10.6 Å². The molecule has 2 rings (SSSR count). The molecule has 1 atom stereocenters. The minimum absolute atomic E-state index is 0.337. The lowest BCUT2D eigenvalue weighted by Gasteiger charge is -2.13. The Morgan fingerprint density at radius 3 is 2.85 bits per heavy atom. The van der Waals surface area contributed by atoms with Crippen molar-refractivity contribution < 1.29 is 5.11 Å². The van der Waals surface area contributed by atoms with E-state index in [-0.39, 0.29) is 6.10 Å². The van der Waals surface area contributed by atoms with Gasteiger partial charge >= 0.3 is 0 Å². The number of aliphatic hydroxyl groups excluding tert-OH is 1. The van der Waals surface area contributed by atoms with Gasteiger partial charge in [-0.3, -0.25) is 0 Å². The molecule has 0 saturated carbocycles. The molecule has 2 aromatic rings. The second-order valence-electron chi connectivity index (χ2n) is 4.79. The molecule has 0 aromatic carbocycles. The number of nitrogens with zero attached hydrogens (tertiary/aromatic N) is 2. The first kappa shape index (κ1) is 15.0. The van der Waals surface area contributed by atoms with Crippen LogP contribution in [0.4, 0.5) is 11.8 Å². The molecule has 0 spiro atoms. The highest BCUT2D eigenvalue weighted by atomic mass is 32.1. The zero-order valence-electron chi connectivity index (χ0n) is 12.0. The average molecular weight is 294 g/mol. The monoisotopic (exact) mass is 294 g/mol. The van der Waals surface area contributed by atoms with E-state index >= 15 is 0 Å². The van der Waals surface area contributed by atoms with Gasteiger partial charge in [0.05, 0.1) is 11.5 Å². The van der Waals surface area contributed by atoms with E-state index in [0.29, 0.717) is 12.5 Å². The maximum atomic E-state index is 9.82. The minimum atomic E-state index is -0.337. The van der Waals surface area contributed by atoms with Gasteiger partial charge in [-0.05, 0) is 24.3 Å². The molecular weight excluding hydrogens is 272 g/mol. The molecule has 0 saturated heterocycles. The fourth-order valence-corrected chi connectivity index (χ4v) is 2.72. The number of rotatable bonds is 8. The van der Waals surface area contributed by atoms with Crippen molar-refractivity contribution in [2.45, 2.75) is 39.2 Å². The summed E-state index contributed by atoms with van der Waals surface area (Å²) in [6.45, 7) is 5.55. The minimum Gasteiger partial charge on any atom is -0.391 e. The number of anilines is 2. The first-order valence-corrected chi connectivity index (χ1v) is 8.03. The molecule has 0 amide bonds. The molecule has 3 N–H and O–H groups in total. The number of aliphatic hydroxyl groups is 1. The fraction of sp³-hybridized carbons (Fsp3) is 0.571. The van der Waals surface area contributed by atoms with E-state index in [4.69, 9.17) is 0 Å². The summed E-state index contributed by atoms with van der Waals surface area (Å²) in [6.07, 6.45) is 2.47. The van der Waals surface area contributed by atoms with Crippen LogP contribution >= 0.6 is 11.3 Å². The Bertz CT molecular complexity index is 543. The van der Waals surface area contributed by atoms with Crippen LogP contribution in [0.1, 0.15) is 33.1 Å². The molecule has 20 heavy (non-hydrogen) atoms. The Hall–Kier alpha value is -1.40. The van der Waals surface area contributed by atoms with E-state index in [1.54, 1.807) is 11.3 Å². The largest absolute Gasteiger partial charge is 0.391 e. The van der Waals surface area contributed by atoms with E-state index in [2.05, 4.69) is 34.4 Å². The molecular formula is C14H22N4OS. The third-order valence-electron chi connectivity index (χ3n) is 2.99. The molecule has 0 aliphatic carbocycles. The Kier molecular flexibility index (Phi) is 5.55. The van der Waals surface area contributed by atoms with Crippen LogP contribution in [0.5, 0.6) is 0 Å². The maximum absolute atomic E-state index is 9.82. The second kappa shape index (κ2) is 7.40. The van der Waals surface area contributed by atoms with Crippen molar-refractivity contribution in [1.82, 2.24) is 9.97 Å². The number of hydrogen-bond donors (Lipinski definition) is 3. The van der Waals surface area contributed by atoms with Crippen molar-refractivity contribution >= 4 is 33.3 Å². The van der Waals surface area contributed by atoms with E-state index in [9.17, 15) is 5.11 Å². The molecule has 0 bridgehead atoms. The maximum Gasteiger partial charge on any atom is 0.226 e. The third kappa shape index (κ3) is 3.80. The van der Waals surface area contributed by atoms with Crippen LogP contribution in [-0.2, 0) is 0 Å². The summed E-state index contributed by atoms with van der Waals surface area (Å²) in [6, 6.07) is 2.01. The predicted molar refractivity (Wildman–Crippen MR) is 85.6 cm³/mol. The quantitative estimate of drug-likeness (QED) is 0.698. The van der Waals surface area contributed by atoms with Crippen LogP contribution < -0.4 is 10.6 Å². The van der Waals surface area contributed by atoms with Crippen LogP contribution in [0.2, 0.25) is 0 Å². The van der Waals surface area contributed by atoms with Crippen LogP contribution in [0, 0.1) is 0 Å². The topological polar surface area (TPSA) is 70.1 Å². The van der Waals surface area contributed by atoms with Crippen molar-refractivity contribution in [1.29, 1.82) is 0 Å². The second-order valence-corrected chi connectivity index (χ2v) is 5.68. The predicted octanol–water partition coefficient (Wildman–Crippen LogP) is 3.09. The van der Waals surface area contributed by atoms with Crippen LogP contribution in [0.3, 0.4) is 0 Å². The van der Waals surface area contributed by atoms with Gasteiger partial charge in [-0.1, -0.05) is 20.3 Å². The lowest BCUT2D eigenvalue weighted by molar-refractivity contribution is 0.176. The highest BCUT2D eigenvalue weighted by molar-refractivity contribution is 7.16. The van der Waals surface area contributed by atoms with E-state index < -0.39 is 0 Å². The molecule has 1 unspecified atom stereocenters. The van der Waals surface area contributed by atoms with Crippen LogP contribution in [-0.4, -0.2) is 34.3 Å². The Balaban J connectivity index is 2.14. The van der Waals surface area contributed by atoms with Crippen LogP contribution in [0.15, 0.2) is 11.4 Å². The molecule has 6 heteroatoms. The number of hydrogen-bond acceptors (Lipinski definition) is 6. The zero-order valence-corrected chi connectivity index (χ0v) is 12.8. The van der Waals surface area contributed by atoms with Gasteiger partial charge in [0.2, 0.25) is 5.95 Å². The lowest BCUT2D eigenvalue weighted by Crippen LogP contribution is -2.20. The summed E-state index contributed by atoms with van der Waals surface area (Å²) in [5, 5.41) is 19.3. The summed E-state index contributed by atoms with van der Waals surface area (Å²) < 4.78 is 0. The van der Waals surface area contributed by atoms with Gasteiger partial charge in [-0.2, -0.15) is 4.98 Å². The van der Waals surface area contributed by atoms with Gasteiger partial charge in [0, 0.05) is 13.1 Å². The number of fused-ring (bicyclic) bond motifs is 1. The molecule has 2 heterocycles. The summed E-state index contributed by atoms with van der Waals surface area (Å²) in [7, 11) is 0. The molecule has 0 radical (unpaired) electrons. The van der Waals surface area contributed by atoms with Crippen molar-refractivity contribution in [3.8, 4) is 0 Å². The molecule has 0 aliphatic heterocycles. The Labute approximate surface area is 123 Å². The molecule has 5 nitrogen and oxygen atoms in total. The fourth-order valence-electron chi connectivity index (χ4n) is 1.96. The van der Waals surface area contributed by atoms with Gasteiger partial charge in [-0.15, -0.1) is 11.3 Å². The molecule has 0 aliphatic rings. The SMILES string of the molecule is CCCNc1nc(NCC(O)CCC)c2ccsc2n1. The first-order valence-electron chi connectivity index (χ1n) is 7.15. The van der Waals surface area contributed by atoms with Gasteiger partial charge in [-0.25, -0.2) is 4.98 Å². The van der Waals surface area contributed by atoms with Gasteiger partial charge in [0.15, 0.2) is 0 Å². The first-order chi connectivity index (χ1) is 9.74. The lowest BCUT2D eigenvalue weighted by atomic mass is 10.2. The summed E-state index contributed by atoms with van der Waals surface area (Å²) in [5.74, 6) is 1.44. The van der Waals surface area contributed by atoms with Crippen molar-refractivity contribution in [3.63, 3.8) is 0 Å². The van der Waals surface area contributed by atoms with Crippen LogP contribution in [0.25, 0.3) is 10.2 Å². The highest BCUT2D eigenvalue weighted by Gasteiger charge is 2.10. The summed E-state index contributed by atoms with van der Waals surface area (Å²) >= 11 is 1.60. The smallest absolute Gasteiger partial charge is 0.226 e. The Morgan fingerprint density at radius 2 is 2.10 bits per heavy atom. The Morgan fingerprint density at radius 1 is 1.25 bits per heavy atom. The number of aromatic nitrogens is 2. The molecule has 110 valence electrons. The molecule has 2 aromatic heterocycles. The standard InChI is InChI=1S/C14H22N4OS/c1-3-5-10(19)9-16-12-11-6-8-20-13(11)18-14(17-12)15-7-4-2/h6,8,10,19H,3-5,7,9H2,1-2H3,(H2,15,16,17,18). The summed E-state index contributed by atoms with van der Waals surface area (Å²) in [4.78, 5) is 9.96. The van der Waals surface area contributed by atoms with Gasteiger partial charge < -0.3 is 15.7 Å². The third-order valence-corrected chi connectivity index (χ3v) is 3.79.